The maximum Gasteiger partial charge on any atom is 0.159 e. The summed E-state index contributed by atoms with van der Waals surface area (Å²) in [6.07, 6.45) is 4.31. The lowest BCUT2D eigenvalue weighted by Crippen LogP contribution is -2.12. The van der Waals surface area contributed by atoms with Crippen molar-refractivity contribution < 1.29 is 4.74 Å². The summed E-state index contributed by atoms with van der Waals surface area (Å²) in [6, 6.07) is 0. The van der Waals surface area contributed by atoms with Crippen molar-refractivity contribution in [2.24, 2.45) is 0 Å². The van der Waals surface area contributed by atoms with Crippen LogP contribution in [0.5, 0.6) is 0 Å². The summed E-state index contributed by atoms with van der Waals surface area (Å²) in [5, 5.41) is 3.41. The highest BCUT2D eigenvalue weighted by Crippen LogP contribution is 2.28. The van der Waals surface area contributed by atoms with Gasteiger partial charge in [-0.1, -0.05) is 13.8 Å². The number of anilines is 1. The Labute approximate surface area is 109 Å². The van der Waals surface area contributed by atoms with E-state index in [4.69, 9.17) is 4.74 Å². The SMILES string of the molecule is CCCNc1nc(C2CCCO2)nc(C)c1CC. The maximum absolute atomic E-state index is 5.67. The molecule has 1 N–H and O–H groups in total. The Hall–Kier alpha value is -1.16. The Kier molecular flexibility index (Phi) is 4.53. The minimum atomic E-state index is 0.0942. The Bertz CT molecular complexity index is 400. The van der Waals surface area contributed by atoms with Gasteiger partial charge in [0, 0.05) is 24.4 Å². The average Bonchev–Trinajstić information content (AvgIpc) is 2.89. The quantitative estimate of drug-likeness (QED) is 0.871. The number of nitrogens with zero attached hydrogens (tertiary/aromatic N) is 2. The van der Waals surface area contributed by atoms with Crippen LogP contribution in [0.3, 0.4) is 0 Å². The van der Waals surface area contributed by atoms with Gasteiger partial charge in [-0.2, -0.15) is 0 Å². The first-order valence-corrected chi connectivity index (χ1v) is 6.99. The molecule has 1 aliphatic rings. The molecular weight excluding hydrogens is 226 g/mol. The number of aromatic nitrogens is 2. The Morgan fingerprint density at radius 1 is 1.33 bits per heavy atom. The van der Waals surface area contributed by atoms with Crippen molar-refractivity contribution in [3.63, 3.8) is 0 Å². The molecule has 0 radical (unpaired) electrons. The summed E-state index contributed by atoms with van der Waals surface area (Å²) >= 11 is 0. The fourth-order valence-electron chi connectivity index (χ4n) is 2.36. The van der Waals surface area contributed by atoms with Gasteiger partial charge in [-0.3, -0.25) is 0 Å². The van der Waals surface area contributed by atoms with Gasteiger partial charge in [0.2, 0.25) is 0 Å². The minimum absolute atomic E-state index is 0.0942. The van der Waals surface area contributed by atoms with Crippen LogP contribution in [0.4, 0.5) is 5.82 Å². The molecule has 1 unspecified atom stereocenters. The van der Waals surface area contributed by atoms with Crippen LogP contribution in [0.25, 0.3) is 0 Å². The van der Waals surface area contributed by atoms with Gasteiger partial charge < -0.3 is 10.1 Å². The number of nitrogens with one attached hydrogen (secondary N) is 1. The predicted octanol–water partition coefficient (Wildman–Crippen LogP) is 3.02. The molecule has 1 fully saturated rings. The zero-order valence-electron chi connectivity index (χ0n) is 11.6. The van der Waals surface area contributed by atoms with E-state index in [-0.39, 0.29) is 6.10 Å². The van der Waals surface area contributed by atoms with Gasteiger partial charge in [-0.05, 0) is 32.6 Å². The molecule has 0 saturated carbocycles. The largest absolute Gasteiger partial charge is 0.370 e. The molecule has 2 rings (SSSR count). The monoisotopic (exact) mass is 249 g/mol. The smallest absolute Gasteiger partial charge is 0.159 e. The molecule has 0 aromatic carbocycles. The predicted molar refractivity (Wildman–Crippen MR) is 72.9 cm³/mol. The number of ether oxygens (including phenoxy) is 1. The van der Waals surface area contributed by atoms with E-state index >= 15 is 0 Å². The molecule has 4 nitrogen and oxygen atoms in total. The molecule has 100 valence electrons. The van der Waals surface area contributed by atoms with Crippen molar-refractivity contribution in [2.75, 3.05) is 18.5 Å². The van der Waals surface area contributed by atoms with E-state index in [0.717, 1.165) is 56.2 Å². The summed E-state index contributed by atoms with van der Waals surface area (Å²) in [7, 11) is 0. The second kappa shape index (κ2) is 6.14. The second-order valence-electron chi connectivity index (χ2n) is 4.78. The minimum Gasteiger partial charge on any atom is -0.370 e. The first-order chi connectivity index (χ1) is 8.76. The molecule has 1 aliphatic heterocycles. The van der Waals surface area contributed by atoms with Gasteiger partial charge in [-0.25, -0.2) is 9.97 Å². The molecule has 1 aromatic rings. The van der Waals surface area contributed by atoms with Crippen LogP contribution in [0, 0.1) is 6.92 Å². The lowest BCUT2D eigenvalue weighted by molar-refractivity contribution is 0.105. The topological polar surface area (TPSA) is 47.0 Å². The summed E-state index contributed by atoms with van der Waals surface area (Å²) in [4.78, 5) is 9.30. The van der Waals surface area contributed by atoms with Crippen molar-refractivity contribution in [3.05, 3.63) is 17.1 Å². The Morgan fingerprint density at radius 3 is 2.78 bits per heavy atom. The molecule has 4 heteroatoms. The van der Waals surface area contributed by atoms with E-state index in [1.807, 2.05) is 0 Å². The van der Waals surface area contributed by atoms with E-state index in [2.05, 4.69) is 36.1 Å². The Balaban J connectivity index is 2.28. The van der Waals surface area contributed by atoms with Gasteiger partial charge in [0.15, 0.2) is 5.82 Å². The van der Waals surface area contributed by atoms with Gasteiger partial charge in [0.05, 0.1) is 0 Å². The molecule has 1 atom stereocenters. The third kappa shape index (κ3) is 2.80. The fourth-order valence-corrected chi connectivity index (χ4v) is 2.36. The molecule has 18 heavy (non-hydrogen) atoms. The van der Waals surface area contributed by atoms with Crippen molar-refractivity contribution in [2.45, 2.75) is 52.6 Å². The van der Waals surface area contributed by atoms with Crippen molar-refractivity contribution in [1.82, 2.24) is 9.97 Å². The third-order valence-electron chi connectivity index (χ3n) is 3.34. The molecule has 0 aliphatic carbocycles. The molecule has 1 saturated heterocycles. The number of aryl methyl sites for hydroxylation is 1. The standard InChI is InChI=1S/C14H23N3O/c1-4-8-15-13-11(5-2)10(3)16-14(17-13)12-7-6-9-18-12/h12H,4-9H2,1-3H3,(H,15,16,17). The Morgan fingerprint density at radius 2 is 2.17 bits per heavy atom. The van der Waals surface area contributed by atoms with Crippen LogP contribution in [0.15, 0.2) is 0 Å². The first-order valence-electron chi connectivity index (χ1n) is 6.99. The van der Waals surface area contributed by atoms with E-state index in [1.54, 1.807) is 0 Å². The lowest BCUT2D eigenvalue weighted by Gasteiger charge is -2.15. The van der Waals surface area contributed by atoms with E-state index in [0.29, 0.717) is 0 Å². The van der Waals surface area contributed by atoms with Crippen LogP contribution >= 0.6 is 0 Å². The summed E-state index contributed by atoms with van der Waals surface area (Å²) in [5.41, 5.74) is 2.31. The highest BCUT2D eigenvalue weighted by atomic mass is 16.5. The zero-order chi connectivity index (χ0) is 13.0. The van der Waals surface area contributed by atoms with Gasteiger partial charge >= 0.3 is 0 Å². The normalized spacial score (nSPS) is 19.2. The van der Waals surface area contributed by atoms with Crippen molar-refractivity contribution >= 4 is 5.82 Å². The highest BCUT2D eigenvalue weighted by molar-refractivity contribution is 5.46. The molecule has 0 spiro atoms. The van der Waals surface area contributed by atoms with Gasteiger partial charge in [0.1, 0.15) is 11.9 Å². The van der Waals surface area contributed by atoms with E-state index < -0.39 is 0 Å². The first kappa shape index (κ1) is 13.3. The molecule has 2 heterocycles. The van der Waals surface area contributed by atoms with Crippen LogP contribution < -0.4 is 5.32 Å². The van der Waals surface area contributed by atoms with Gasteiger partial charge in [0.25, 0.3) is 0 Å². The average molecular weight is 249 g/mol. The highest BCUT2D eigenvalue weighted by Gasteiger charge is 2.22. The van der Waals surface area contributed by atoms with E-state index in [1.165, 1.54) is 5.56 Å². The second-order valence-corrected chi connectivity index (χ2v) is 4.78. The molecule has 1 aromatic heterocycles. The molecular formula is C14H23N3O. The van der Waals surface area contributed by atoms with Crippen LogP contribution in [0.2, 0.25) is 0 Å². The zero-order valence-corrected chi connectivity index (χ0v) is 11.6. The molecule has 0 amide bonds. The van der Waals surface area contributed by atoms with Crippen molar-refractivity contribution in [3.8, 4) is 0 Å². The van der Waals surface area contributed by atoms with Crippen LogP contribution in [-0.2, 0) is 11.2 Å². The summed E-state index contributed by atoms with van der Waals surface area (Å²) in [5.74, 6) is 1.85. The number of hydrogen-bond donors (Lipinski definition) is 1. The van der Waals surface area contributed by atoms with Gasteiger partial charge in [-0.15, -0.1) is 0 Å². The third-order valence-corrected chi connectivity index (χ3v) is 3.34. The number of rotatable bonds is 5. The van der Waals surface area contributed by atoms with E-state index in [9.17, 15) is 0 Å². The maximum atomic E-state index is 5.67. The lowest BCUT2D eigenvalue weighted by atomic mass is 10.1. The molecule has 0 bridgehead atoms. The number of hydrogen-bond acceptors (Lipinski definition) is 4. The van der Waals surface area contributed by atoms with Crippen molar-refractivity contribution in [1.29, 1.82) is 0 Å². The fraction of sp³-hybridized carbons (Fsp3) is 0.714. The van der Waals surface area contributed by atoms with Crippen LogP contribution in [0.1, 0.15) is 56.3 Å². The summed E-state index contributed by atoms with van der Waals surface area (Å²) in [6.45, 7) is 8.16. The van der Waals surface area contributed by atoms with Crippen LogP contribution in [-0.4, -0.2) is 23.1 Å². The summed E-state index contributed by atoms with van der Waals surface area (Å²) < 4.78 is 5.67.